The van der Waals surface area contributed by atoms with Crippen LogP contribution in [0.4, 0.5) is 0 Å². The van der Waals surface area contributed by atoms with E-state index in [9.17, 15) is 4.79 Å². The van der Waals surface area contributed by atoms with Crippen molar-refractivity contribution in [1.82, 2.24) is 4.90 Å². The fourth-order valence-corrected chi connectivity index (χ4v) is 0.725. The SMILES string of the molecule is C.C.CCC(C)CN(C)C(C)=O. The Morgan fingerprint density at radius 3 is 2.08 bits per heavy atom. The normalized spacial score (nSPS) is 10.7. The van der Waals surface area contributed by atoms with Crippen molar-refractivity contribution in [1.29, 1.82) is 0 Å². The van der Waals surface area contributed by atoms with Gasteiger partial charge in [-0.05, 0) is 5.92 Å². The monoisotopic (exact) mass is 175 g/mol. The first kappa shape index (κ1) is 17.5. The third kappa shape index (κ3) is 7.58. The Hall–Kier alpha value is -0.530. The molecule has 1 unspecified atom stereocenters. The minimum Gasteiger partial charge on any atom is -0.346 e. The Balaban J connectivity index is -0.000000405. The van der Waals surface area contributed by atoms with Gasteiger partial charge in [0, 0.05) is 20.5 Å². The Kier molecular flexibility index (Phi) is 12.5. The molecule has 2 nitrogen and oxygen atoms in total. The molecule has 1 amide bonds. The zero-order valence-electron chi connectivity index (χ0n) is 7.35. The highest BCUT2D eigenvalue weighted by atomic mass is 16.2. The quantitative estimate of drug-likeness (QED) is 0.646. The summed E-state index contributed by atoms with van der Waals surface area (Å²) >= 11 is 0. The van der Waals surface area contributed by atoms with Crippen molar-refractivity contribution in [3.8, 4) is 0 Å². The number of amides is 1. The van der Waals surface area contributed by atoms with Crippen LogP contribution in [0.15, 0.2) is 0 Å². The lowest BCUT2D eigenvalue weighted by Gasteiger charge is -2.18. The summed E-state index contributed by atoms with van der Waals surface area (Å²) in [6.45, 7) is 6.77. The molecule has 0 aliphatic rings. The van der Waals surface area contributed by atoms with Gasteiger partial charge in [0.15, 0.2) is 0 Å². The third-order valence-electron chi connectivity index (χ3n) is 1.82. The molecule has 0 radical (unpaired) electrons. The summed E-state index contributed by atoms with van der Waals surface area (Å²) in [6.07, 6.45) is 1.14. The second kappa shape index (κ2) is 8.57. The van der Waals surface area contributed by atoms with Crippen LogP contribution in [-0.4, -0.2) is 24.4 Å². The average Bonchev–Trinajstić information content (AvgIpc) is 1.87. The largest absolute Gasteiger partial charge is 0.346 e. The maximum absolute atomic E-state index is 10.7. The lowest BCUT2D eigenvalue weighted by atomic mass is 10.1. The fourth-order valence-electron chi connectivity index (χ4n) is 0.725. The van der Waals surface area contributed by atoms with Gasteiger partial charge in [0.05, 0.1) is 0 Å². The topological polar surface area (TPSA) is 20.3 Å². The minimum atomic E-state index is 0. The van der Waals surface area contributed by atoms with Crippen LogP contribution in [0.2, 0.25) is 0 Å². The minimum absolute atomic E-state index is 0. The van der Waals surface area contributed by atoms with Crippen LogP contribution in [-0.2, 0) is 4.79 Å². The first-order chi connectivity index (χ1) is 4.57. The Morgan fingerprint density at radius 2 is 1.83 bits per heavy atom. The Morgan fingerprint density at radius 1 is 1.42 bits per heavy atom. The first-order valence-electron chi connectivity index (χ1n) is 3.79. The van der Waals surface area contributed by atoms with Gasteiger partial charge in [-0.25, -0.2) is 0 Å². The number of carbonyl (C=O) groups is 1. The summed E-state index contributed by atoms with van der Waals surface area (Å²) in [7, 11) is 1.84. The van der Waals surface area contributed by atoms with E-state index in [1.54, 1.807) is 11.8 Å². The van der Waals surface area contributed by atoms with Crippen molar-refractivity contribution in [2.75, 3.05) is 13.6 Å². The summed E-state index contributed by atoms with van der Waals surface area (Å²) in [5.74, 6) is 0.772. The smallest absolute Gasteiger partial charge is 0.219 e. The van der Waals surface area contributed by atoms with Gasteiger partial charge in [-0.3, -0.25) is 4.79 Å². The van der Waals surface area contributed by atoms with E-state index < -0.39 is 0 Å². The van der Waals surface area contributed by atoms with Gasteiger partial charge in [-0.2, -0.15) is 0 Å². The van der Waals surface area contributed by atoms with Crippen molar-refractivity contribution in [2.45, 2.75) is 42.0 Å². The highest BCUT2D eigenvalue weighted by Crippen LogP contribution is 2.01. The van der Waals surface area contributed by atoms with E-state index >= 15 is 0 Å². The second-order valence-corrected chi connectivity index (χ2v) is 2.91. The van der Waals surface area contributed by atoms with E-state index in [0.717, 1.165) is 13.0 Å². The molecule has 0 spiro atoms. The fraction of sp³-hybridized carbons (Fsp3) is 0.900. The molecule has 0 aromatic carbocycles. The maximum atomic E-state index is 10.7. The number of rotatable bonds is 3. The predicted molar refractivity (Wildman–Crippen MR) is 56.2 cm³/mol. The Labute approximate surface area is 78.0 Å². The molecule has 0 aromatic heterocycles. The standard InChI is InChI=1S/C8H17NO.2CH4/c1-5-7(2)6-9(4)8(3)10;;/h7H,5-6H2,1-4H3;2*1H4. The molecule has 0 N–H and O–H groups in total. The van der Waals surface area contributed by atoms with Crippen molar-refractivity contribution in [3.63, 3.8) is 0 Å². The van der Waals surface area contributed by atoms with Crippen LogP contribution in [0.25, 0.3) is 0 Å². The van der Waals surface area contributed by atoms with Gasteiger partial charge < -0.3 is 4.90 Å². The van der Waals surface area contributed by atoms with Crippen LogP contribution in [0, 0.1) is 5.92 Å². The number of carbonyl (C=O) groups excluding carboxylic acids is 1. The lowest BCUT2D eigenvalue weighted by molar-refractivity contribution is -0.128. The second-order valence-electron chi connectivity index (χ2n) is 2.91. The molecule has 0 aliphatic carbocycles. The first-order valence-corrected chi connectivity index (χ1v) is 3.79. The van der Waals surface area contributed by atoms with Crippen LogP contribution in [0.5, 0.6) is 0 Å². The molecular weight excluding hydrogens is 150 g/mol. The molecular formula is C10H25NO. The number of nitrogens with zero attached hydrogens (tertiary/aromatic N) is 1. The van der Waals surface area contributed by atoms with Crippen molar-refractivity contribution >= 4 is 5.91 Å². The van der Waals surface area contributed by atoms with Gasteiger partial charge >= 0.3 is 0 Å². The molecule has 1 atom stereocenters. The molecule has 0 aliphatic heterocycles. The molecule has 0 saturated heterocycles. The summed E-state index contributed by atoms with van der Waals surface area (Å²) in [4.78, 5) is 12.5. The van der Waals surface area contributed by atoms with Gasteiger partial charge in [-0.15, -0.1) is 0 Å². The molecule has 0 aromatic rings. The molecule has 0 rings (SSSR count). The molecule has 0 fully saturated rings. The maximum Gasteiger partial charge on any atom is 0.219 e. The van der Waals surface area contributed by atoms with Gasteiger partial charge in [-0.1, -0.05) is 35.1 Å². The van der Waals surface area contributed by atoms with E-state index in [0.29, 0.717) is 5.92 Å². The van der Waals surface area contributed by atoms with E-state index in [4.69, 9.17) is 0 Å². The van der Waals surface area contributed by atoms with Crippen LogP contribution in [0.3, 0.4) is 0 Å². The lowest BCUT2D eigenvalue weighted by Crippen LogP contribution is -2.28. The van der Waals surface area contributed by atoms with Crippen molar-refractivity contribution in [3.05, 3.63) is 0 Å². The van der Waals surface area contributed by atoms with Gasteiger partial charge in [0.1, 0.15) is 0 Å². The summed E-state index contributed by atoms with van der Waals surface area (Å²) < 4.78 is 0. The van der Waals surface area contributed by atoms with Gasteiger partial charge in [0.2, 0.25) is 5.91 Å². The van der Waals surface area contributed by atoms with E-state index in [1.165, 1.54) is 0 Å². The Bertz CT molecular complexity index is 112. The highest BCUT2D eigenvalue weighted by molar-refractivity contribution is 5.72. The van der Waals surface area contributed by atoms with Crippen LogP contribution in [0.1, 0.15) is 42.0 Å². The number of hydrogen-bond acceptors (Lipinski definition) is 1. The van der Waals surface area contributed by atoms with E-state index in [1.807, 2.05) is 7.05 Å². The van der Waals surface area contributed by atoms with Crippen LogP contribution >= 0.6 is 0 Å². The summed E-state index contributed by atoms with van der Waals surface area (Å²) in [5.41, 5.74) is 0. The van der Waals surface area contributed by atoms with Crippen LogP contribution < -0.4 is 0 Å². The predicted octanol–water partition coefficient (Wildman–Crippen LogP) is 2.78. The van der Waals surface area contributed by atoms with E-state index in [-0.39, 0.29) is 20.8 Å². The molecule has 0 bridgehead atoms. The summed E-state index contributed by atoms with van der Waals surface area (Å²) in [6, 6.07) is 0. The molecule has 0 heterocycles. The zero-order chi connectivity index (χ0) is 8.15. The van der Waals surface area contributed by atoms with Crippen molar-refractivity contribution in [2.24, 2.45) is 5.92 Å². The molecule has 2 heteroatoms. The summed E-state index contributed by atoms with van der Waals surface area (Å²) in [5, 5.41) is 0. The van der Waals surface area contributed by atoms with Gasteiger partial charge in [0.25, 0.3) is 0 Å². The number of hydrogen-bond donors (Lipinski definition) is 0. The average molecular weight is 175 g/mol. The molecule has 76 valence electrons. The van der Waals surface area contributed by atoms with Crippen molar-refractivity contribution < 1.29 is 4.79 Å². The highest BCUT2D eigenvalue weighted by Gasteiger charge is 2.05. The molecule has 12 heavy (non-hydrogen) atoms. The van der Waals surface area contributed by atoms with E-state index in [2.05, 4.69) is 13.8 Å². The third-order valence-corrected chi connectivity index (χ3v) is 1.82. The molecule has 0 saturated carbocycles. The zero-order valence-corrected chi connectivity index (χ0v) is 7.35.